The molecule has 164 valence electrons. The number of nitrogens with one attached hydrogen (secondary N) is 1. The lowest BCUT2D eigenvalue weighted by Crippen LogP contribution is -2.27. The molecular formula is C24H45NO3. The molecule has 0 saturated heterocycles. The van der Waals surface area contributed by atoms with Crippen molar-refractivity contribution in [3.05, 3.63) is 12.2 Å². The average Bonchev–Trinajstić information content (AvgIpc) is 2.70. The number of methoxy groups -OCH3 is 1. The number of hydrogen-bond donors (Lipinski definition) is 1. The van der Waals surface area contributed by atoms with E-state index >= 15 is 0 Å². The molecule has 0 heterocycles. The number of carbonyl (C=O) groups excluding carboxylic acids is 2. The normalized spacial score (nSPS) is 10.6. The monoisotopic (exact) mass is 395 g/mol. The van der Waals surface area contributed by atoms with Crippen LogP contribution in [0.25, 0.3) is 0 Å². The van der Waals surface area contributed by atoms with Gasteiger partial charge >= 0.3 is 5.97 Å². The molecule has 0 spiro atoms. The van der Waals surface area contributed by atoms with Gasteiger partial charge in [0.25, 0.3) is 0 Å². The molecule has 0 radical (unpaired) electrons. The van der Waals surface area contributed by atoms with Gasteiger partial charge in [0, 0.05) is 18.5 Å². The van der Waals surface area contributed by atoms with E-state index in [1.807, 2.05) is 0 Å². The summed E-state index contributed by atoms with van der Waals surface area (Å²) in [5, 5.41) is 2.71. The minimum absolute atomic E-state index is 0.0181. The zero-order valence-corrected chi connectivity index (χ0v) is 18.7. The SMILES string of the molecule is C=C(CNC(=O)CCCCCCCCCCCCCCCCCC)C(=O)OC. The molecule has 0 rings (SSSR count). The number of amides is 1. The quantitative estimate of drug-likeness (QED) is 0.146. The minimum Gasteiger partial charge on any atom is -0.466 e. The molecule has 0 aromatic carbocycles. The average molecular weight is 396 g/mol. The smallest absolute Gasteiger partial charge is 0.334 e. The lowest BCUT2D eigenvalue weighted by atomic mass is 10.0. The van der Waals surface area contributed by atoms with E-state index in [2.05, 4.69) is 23.6 Å². The van der Waals surface area contributed by atoms with Crippen LogP contribution in [0, 0.1) is 0 Å². The van der Waals surface area contributed by atoms with Crippen LogP contribution in [0.4, 0.5) is 0 Å². The molecule has 0 fully saturated rings. The van der Waals surface area contributed by atoms with Gasteiger partial charge in [0.1, 0.15) is 0 Å². The highest BCUT2D eigenvalue weighted by molar-refractivity contribution is 5.89. The van der Waals surface area contributed by atoms with Gasteiger partial charge in [0.15, 0.2) is 0 Å². The van der Waals surface area contributed by atoms with Gasteiger partial charge in [-0.15, -0.1) is 0 Å². The zero-order chi connectivity index (χ0) is 20.9. The van der Waals surface area contributed by atoms with Crippen molar-refractivity contribution in [2.45, 2.75) is 116 Å². The van der Waals surface area contributed by atoms with Gasteiger partial charge in [0.2, 0.25) is 5.91 Å². The number of ether oxygens (including phenoxy) is 1. The lowest BCUT2D eigenvalue weighted by Gasteiger charge is -2.06. The molecule has 0 aliphatic heterocycles. The van der Waals surface area contributed by atoms with Crippen molar-refractivity contribution in [1.29, 1.82) is 0 Å². The third kappa shape index (κ3) is 18.1. The van der Waals surface area contributed by atoms with Crippen LogP contribution >= 0.6 is 0 Å². The van der Waals surface area contributed by atoms with E-state index in [0.717, 1.165) is 12.8 Å². The number of esters is 1. The van der Waals surface area contributed by atoms with Crippen molar-refractivity contribution in [1.82, 2.24) is 5.32 Å². The van der Waals surface area contributed by atoms with Crippen LogP contribution in [0.2, 0.25) is 0 Å². The van der Waals surface area contributed by atoms with Crippen molar-refractivity contribution >= 4 is 11.9 Å². The first-order valence-electron chi connectivity index (χ1n) is 11.6. The summed E-state index contributed by atoms with van der Waals surface area (Å²) < 4.78 is 4.55. The standard InChI is InChI=1S/C24H45NO3/c1-4-5-6-7-8-9-10-11-12-13-14-15-16-17-18-19-20-23(26)25-21-22(2)24(27)28-3/h2,4-21H2,1,3H3,(H,25,26). The Hall–Kier alpha value is -1.32. The Labute approximate surface area is 173 Å². The maximum absolute atomic E-state index is 11.7. The van der Waals surface area contributed by atoms with Crippen LogP contribution in [0.1, 0.15) is 116 Å². The second-order valence-corrected chi connectivity index (χ2v) is 7.93. The second kappa shape index (κ2) is 20.4. The van der Waals surface area contributed by atoms with Gasteiger partial charge in [-0.2, -0.15) is 0 Å². The zero-order valence-electron chi connectivity index (χ0n) is 18.7. The molecule has 0 aliphatic carbocycles. The number of carbonyl (C=O) groups is 2. The number of unbranched alkanes of at least 4 members (excludes halogenated alkanes) is 15. The van der Waals surface area contributed by atoms with Crippen LogP contribution < -0.4 is 5.32 Å². The summed E-state index contributed by atoms with van der Waals surface area (Å²) in [6.45, 7) is 6.03. The molecule has 0 unspecified atom stereocenters. The van der Waals surface area contributed by atoms with E-state index in [4.69, 9.17) is 0 Å². The summed E-state index contributed by atoms with van der Waals surface area (Å²) in [5.74, 6) is -0.488. The highest BCUT2D eigenvalue weighted by Crippen LogP contribution is 2.14. The number of hydrogen-bond acceptors (Lipinski definition) is 3. The van der Waals surface area contributed by atoms with Gasteiger partial charge in [-0.1, -0.05) is 110 Å². The van der Waals surface area contributed by atoms with Crippen molar-refractivity contribution in [2.24, 2.45) is 0 Å². The highest BCUT2D eigenvalue weighted by atomic mass is 16.5. The largest absolute Gasteiger partial charge is 0.466 e. The first-order chi connectivity index (χ1) is 13.6. The summed E-state index contributed by atoms with van der Waals surface area (Å²) in [4.78, 5) is 22.9. The van der Waals surface area contributed by atoms with Gasteiger partial charge < -0.3 is 10.1 Å². The lowest BCUT2D eigenvalue weighted by molar-refractivity contribution is -0.136. The van der Waals surface area contributed by atoms with Crippen molar-refractivity contribution < 1.29 is 14.3 Å². The molecule has 4 heteroatoms. The van der Waals surface area contributed by atoms with E-state index < -0.39 is 5.97 Å². The van der Waals surface area contributed by atoms with Crippen molar-refractivity contribution in [3.8, 4) is 0 Å². The summed E-state index contributed by atoms with van der Waals surface area (Å²) in [7, 11) is 1.31. The molecule has 0 atom stereocenters. The van der Waals surface area contributed by atoms with Gasteiger partial charge in [-0.25, -0.2) is 4.79 Å². The van der Waals surface area contributed by atoms with Crippen LogP contribution in [0.3, 0.4) is 0 Å². The fourth-order valence-corrected chi connectivity index (χ4v) is 3.34. The Morgan fingerprint density at radius 2 is 1.11 bits per heavy atom. The molecular weight excluding hydrogens is 350 g/mol. The minimum atomic E-state index is -0.470. The third-order valence-corrected chi connectivity index (χ3v) is 5.23. The Balaban J connectivity index is 3.24. The van der Waals surface area contributed by atoms with E-state index in [1.54, 1.807) is 0 Å². The topological polar surface area (TPSA) is 55.4 Å². The number of rotatable bonds is 20. The Kier molecular flexibility index (Phi) is 19.5. The van der Waals surface area contributed by atoms with Crippen LogP contribution in [-0.4, -0.2) is 25.5 Å². The fraction of sp³-hybridized carbons (Fsp3) is 0.833. The highest BCUT2D eigenvalue weighted by Gasteiger charge is 2.08. The summed E-state index contributed by atoms with van der Waals surface area (Å²) in [6.07, 6.45) is 21.7. The Morgan fingerprint density at radius 1 is 0.714 bits per heavy atom. The molecule has 0 aliphatic rings. The maximum Gasteiger partial charge on any atom is 0.334 e. The Morgan fingerprint density at radius 3 is 1.50 bits per heavy atom. The maximum atomic E-state index is 11.7. The van der Waals surface area contributed by atoms with Crippen molar-refractivity contribution in [2.75, 3.05) is 13.7 Å². The van der Waals surface area contributed by atoms with E-state index in [9.17, 15) is 9.59 Å². The summed E-state index contributed by atoms with van der Waals surface area (Å²) in [6, 6.07) is 0. The first kappa shape index (κ1) is 26.7. The second-order valence-electron chi connectivity index (χ2n) is 7.93. The van der Waals surface area contributed by atoms with Gasteiger partial charge in [-0.05, 0) is 6.42 Å². The van der Waals surface area contributed by atoms with Crippen molar-refractivity contribution in [3.63, 3.8) is 0 Å². The molecule has 1 N–H and O–H groups in total. The van der Waals surface area contributed by atoms with Crippen LogP contribution in [0.15, 0.2) is 12.2 Å². The predicted octanol–water partition coefficient (Wildman–Crippen LogP) is 6.48. The van der Waals surface area contributed by atoms with E-state index in [0.29, 0.717) is 6.42 Å². The molecule has 28 heavy (non-hydrogen) atoms. The molecule has 1 amide bonds. The molecule has 0 aromatic rings. The van der Waals surface area contributed by atoms with E-state index in [-0.39, 0.29) is 18.0 Å². The first-order valence-corrected chi connectivity index (χ1v) is 11.6. The summed E-state index contributed by atoms with van der Waals surface area (Å²) >= 11 is 0. The van der Waals surface area contributed by atoms with E-state index in [1.165, 1.54) is 97.0 Å². The molecule has 0 aromatic heterocycles. The Bertz CT molecular complexity index is 407. The third-order valence-electron chi connectivity index (χ3n) is 5.23. The molecule has 0 bridgehead atoms. The van der Waals surface area contributed by atoms with Crippen LogP contribution in [0.5, 0.6) is 0 Å². The summed E-state index contributed by atoms with van der Waals surface area (Å²) in [5.41, 5.74) is 0.280. The predicted molar refractivity (Wildman–Crippen MR) is 118 cm³/mol. The fourth-order valence-electron chi connectivity index (χ4n) is 3.34. The van der Waals surface area contributed by atoms with Crippen LogP contribution in [-0.2, 0) is 14.3 Å². The molecule has 0 saturated carbocycles. The van der Waals surface area contributed by atoms with Gasteiger partial charge in [-0.3, -0.25) is 4.79 Å². The molecule has 4 nitrogen and oxygen atoms in total. The van der Waals surface area contributed by atoms with Gasteiger partial charge in [0.05, 0.1) is 7.11 Å².